The first-order valence-electron chi connectivity index (χ1n) is 7.07. The van der Waals surface area contributed by atoms with Gasteiger partial charge in [-0.1, -0.05) is 17.7 Å². The summed E-state index contributed by atoms with van der Waals surface area (Å²) in [5.41, 5.74) is 2.67. The number of nitrogens with one attached hydrogen (secondary N) is 1. The third kappa shape index (κ3) is 3.48. The maximum atomic E-state index is 11.9. The van der Waals surface area contributed by atoms with Gasteiger partial charge in [-0.05, 0) is 35.7 Å². The van der Waals surface area contributed by atoms with E-state index in [-0.39, 0.29) is 15.5 Å². The first kappa shape index (κ1) is 16.2. The van der Waals surface area contributed by atoms with E-state index in [0.29, 0.717) is 13.1 Å². The smallest absolute Gasteiger partial charge is 0.252 e. The normalized spacial score (nSPS) is 15.4. The van der Waals surface area contributed by atoms with Crippen LogP contribution in [-0.4, -0.2) is 24.8 Å². The van der Waals surface area contributed by atoms with Crippen LogP contribution in [0.25, 0.3) is 0 Å². The Morgan fingerprint density at radius 3 is 2.78 bits per heavy atom. The number of halogens is 1. The number of rotatable bonds is 3. The average Bonchev–Trinajstić information content (AvgIpc) is 2.47. The minimum atomic E-state index is -3.82. The molecule has 8 heteroatoms. The third-order valence-corrected chi connectivity index (χ3v) is 5.34. The molecule has 0 aliphatic carbocycles. The lowest BCUT2D eigenvalue weighted by Crippen LogP contribution is -2.34. The molecule has 3 rings (SSSR count). The number of aromatic amines is 1. The molecule has 0 radical (unpaired) electrons. The molecule has 0 amide bonds. The molecule has 1 aliphatic rings. The summed E-state index contributed by atoms with van der Waals surface area (Å²) in [6, 6.07) is 6.64. The number of fused-ring (bicyclic) bond motifs is 1. The van der Waals surface area contributed by atoms with E-state index < -0.39 is 10.0 Å². The molecule has 2 heterocycles. The van der Waals surface area contributed by atoms with Crippen LogP contribution in [0, 0.1) is 0 Å². The van der Waals surface area contributed by atoms with E-state index in [1.54, 1.807) is 18.3 Å². The zero-order valence-corrected chi connectivity index (χ0v) is 13.8. The number of nitrogens with two attached hydrogens (primary N) is 1. The van der Waals surface area contributed by atoms with Crippen molar-refractivity contribution in [2.24, 2.45) is 5.14 Å². The van der Waals surface area contributed by atoms with E-state index in [4.69, 9.17) is 16.7 Å². The van der Waals surface area contributed by atoms with Gasteiger partial charge >= 0.3 is 0 Å². The fourth-order valence-corrected chi connectivity index (χ4v) is 3.92. The predicted molar refractivity (Wildman–Crippen MR) is 87.7 cm³/mol. The second-order valence-electron chi connectivity index (χ2n) is 5.58. The Balaban J connectivity index is 1.80. The van der Waals surface area contributed by atoms with Crippen molar-refractivity contribution in [1.29, 1.82) is 0 Å². The van der Waals surface area contributed by atoms with Crippen molar-refractivity contribution in [1.82, 2.24) is 9.88 Å². The second-order valence-corrected chi connectivity index (χ2v) is 7.52. The van der Waals surface area contributed by atoms with Gasteiger partial charge in [-0.25, -0.2) is 13.6 Å². The predicted octanol–water partition coefficient (Wildman–Crippen LogP) is 1.23. The van der Waals surface area contributed by atoms with Crippen molar-refractivity contribution >= 4 is 21.6 Å². The van der Waals surface area contributed by atoms with Crippen LogP contribution in [0.4, 0.5) is 0 Å². The van der Waals surface area contributed by atoms with Crippen LogP contribution < -0.4 is 10.7 Å². The SMILES string of the molecule is NS(=O)(=O)c1ccc(CN2CCc3cc[nH]c(=O)c3C2)cc1Cl. The molecule has 0 unspecified atom stereocenters. The summed E-state index contributed by atoms with van der Waals surface area (Å²) < 4.78 is 22.7. The lowest BCUT2D eigenvalue weighted by Gasteiger charge is -2.28. The second kappa shape index (κ2) is 6.09. The number of hydrogen-bond acceptors (Lipinski definition) is 4. The summed E-state index contributed by atoms with van der Waals surface area (Å²) in [4.78, 5) is 16.6. The number of primary sulfonamides is 1. The largest absolute Gasteiger partial charge is 0.329 e. The molecule has 0 saturated heterocycles. The van der Waals surface area contributed by atoms with E-state index in [9.17, 15) is 13.2 Å². The quantitative estimate of drug-likeness (QED) is 0.867. The highest BCUT2D eigenvalue weighted by Gasteiger charge is 2.19. The molecule has 1 aromatic heterocycles. The summed E-state index contributed by atoms with van der Waals surface area (Å²) >= 11 is 6.01. The molecule has 0 saturated carbocycles. The number of pyridine rings is 1. The first-order valence-corrected chi connectivity index (χ1v) is 9.00. The van der Waals surface area contributed by atoms with Gasteiger partial charge in [0.15, 0.2) is 0 Å². The zero-order chi connectivity index (χ0) is 16.6. The number of sulfonamides is 1. The van der Waals surface area contributed by atoms with Gasteiger partial charge in [-0.3, -0.25) is 9.69 Å². The van der Waals surface area contributed by atoms with Crippen LogP contribution >= 0.6 is 11.6 Å². The van der Waals surface area contributed by atoms with Crippen molar-refractivity contribution in [3.63, 3.8) is 0 Å². The molecule has 23 heavy (non-hydrogen) atoms. The van der Waals surface area contributed by atoms with E-state index in [2.05, 4.69) is 9.88 Å². The van der Waals surface area contributed by atoms with E-state index in [1.165, 1.54) is 6.07 Å². The summed E-state index contributed by atoms with van der Waals surface area (Å²) in [5, 5.41) is 5.21. The highest BCUT2D eigenvalue weighted by Crippen LogP contribution is 2.23. The fraction of sp³-hybridized carbons (Fsp3) is 0.267. The van der Waals surface area contributed by atoms with Crippen LogP contribution in [0.1, 0.15) is 16.7 Å². The third-order valence-electron chi connectivity index (χ3n) is 3.95. The first-order chi connectivity index (χ1) is 10.8. The Morgan fingerprint density at radius 1 is 1.30 bits per heavy atom. The van der Waals surface area contributed by atoms with Crippen LogP contribution in [0.5, 0.6) is 0 Å². The molecule has 3 N–H and O–H groups in total. The number of H-pyrrole nitrogens is 1. The highest BCUT2D eigenvalue weighted by atomic mass is 35.5. The summed E-state index contributed by atoms with van der Waals surface area (Å²) in [6.07, 6.45) is 2.48. The van der Waals surface area contributed by atoms with Gasteiger partial charge in [0.25, 0.3) is 5.56 Å². The number of nitrogens with zero attached hydrogens (tertiary/aromatic N) is 1. The summed E-state index contributed by atoms with van der Waals surface area (Å²) in [5.74, 6) is 0. The van der Waals surface area contributed by atoms with Gasteiger partial charge < -0.3 is 4.98 Å². The Hall–Kier alpha value is -1.67. The van der Waals surface area contributed by atoms with Crippen molar-refractivity contribution in [3.8, 4) is 0 Å². The maximum absolute atomic E-state index is 11.9. The van der Waals surface area contributed by atoms with Gasteiger partial charge in [0.1, 0.15) is 4.90 Å². The maximum Gasteiger partial charge on any atom is 0.252 e. The van der Waals surface area contributed by atoms with E-state index in [0.717, 1.165) is 29.7 Å². The summed E-state index contributed by atoms with van der Waals surface area (Å²) in [7, 11) is -3.82. The minimum absolute atomic E-state index is 0.0604. The Kier molecular flexibility index (Phi) is 4.29. The van der Waals surface area contributed by atoms with E-state index >= 15 is 0 Å². The molecule has 122 valence electrons. The Morgan fingerprint density at radius 2 is 2.09 bits per heavy atom. The molecule has 0 spiro atoms. The Labute approximate surface area is 138 Å². The fourth-order valence-electron chi connectivity index (χ4n) is 2.81. The van der Waals surface area contributed by atoms with Crippen LogP contribution in [0.2, 0.25) is 5.02 Å². The number of aromatic nitrogens is 1. The molecule has 1 aromatic carbocycles. The molecule has 0 bridgehead atoms. The molecule has 0 fully saturated rings. The van der Waals surface area contributed by atoms with Gasteiger partial charge in [0.2, 0.25) is 10.0 Å². The molecular formula is C15H16ClN3O3S. The standard InChI is InChI=1S/C15H16ClN3O3S/c16-13-7-10(1-2-14(13)23(17,21)22)8-19-6-4-11-3-5-18-15(20)12(11)9-19/h1-3,5,7H,4,6,8-9H2,(H,18,20)(H2,17,21,22). The minimum Gasteiger partial charge on any atom is -0.329 e. The molecule has 0 atom stereocenters. The van der Waals surface area contributed by atoms with Crippen molar-refractivity contribution < 1.29 is 8.42 Å². The zero-order valence-electron chi connectivity index (χ0n) is 12.3. The monoisotopic (exact) mass is 353 g/mol. The number of hydrogen-bond donors (Lipinski definition) is 2. The lowest BCUT2D eigenvalue weighted by molar-refractivity contribution is 0.244. The number of benzene rings is 1. The summed E-state index contributed by atoms with van der Waals surface area (Å²) in [6.45, 7) is 1.96. The van der Waals surface area contributed by atoms with Crippen LogP contribution in [-0.2, 0) is 29.5 Å². The molecule has 2 aromatic rings. The van der Waals surface area contributed by atoms with Gasteiger partial charge in [-0.15, -0.1) is 0 Å². The molecule has 6 nitrogen and oxygen atoms in total. The average molecular weight is 354 g/mol. The van der Waals surface area contributed by atoms with Gasteiger partial charge in [0, 0.05) is 31.4 Å². The molecule has 1 aliphatic heterocycles. The van der Waals surface area contributed by atoms with E-state index in [1.807, 2.05) is 6.07 Å². The van der Waals surface area contributed by atoms with Gasteiger partial charge in [-0.2, -0.15) is 0 Å². The van der Waals surface area contributed by atoms with Gasteiger partial charge in [0.05, 0.1) is 5.02 Å². The Bertz CT molecular complexity index is 908. The van der Waals surface area contributed by atoms with Crippen molar-refractivity contribution in [2.75, 3.05) is 6.54 Å². The molecular weight excluding hydrogens is 338 g/mol. The highest BCUT2D eigenvalue weighted by molar-refractivity contribution is 7.89. The lowest BCUT2D eigenvalue weighted by atomic mass is 10.0. The van der Waals surface area contributed by atoms with Crippen LogP contribution in [0.15, 0.2) is 40.2 Å². The van der Waals surface area contributed by atoms with Crippen molar-refractivity contribution in [2.45, 2.75) is 24.4 Å². The van der Waals surface area contributed by atoms with Crippen molar-refractivity contribution in [3.05, 3.63) is 62.5 Å². The topological polar surface area (TPSA) is 96.3 Å². The van der Waals surface area contributed by atoms with Crippen LogP contribution in [0.3, 0.4) is 0 Å².